The van der Waals surface area contributed by atoms with Crippen molar-refractivity contribution in [1.82, 2.24) is 5.16 Å². The van der Waals surface area contributed by atoms with Gasteiger partial charge in [0.05, 0.1) is 29.9 Å². The number of amides is 2. The number of anilines is 2. The summed E-state index contributed by atoms with van der Waals surface area (Å²) in [6, 6.07) is 5.71. The van der Waals surface area contributed by atoms with Crippen LogP contribution in [-0.4, -0.2) is 46.7 Å². The minimum atomic E-state index is -1.09. The van der Waals surface area contributed by atoms with E-state index in [1.807, 2.05) is 0 Å². The normalized spacial score (nSPS) is 10.2. The first-order chi connectivity index (χ1) is 12.4. The van der Waals surface area contributed by atoms with Crippen molar-refractivity contribution < 1.29 is 28.8 Å². The average Bonchev–Trinajstić information content (AvgIpc) is 2.99. The number of rotatable bonds is 8. The maximum atomic E-state index is 12.0. The molecule has 0 aliphatic carbocycles. The van der Waals surface area contributed by atoms with Gasteiger partial charge in [-0.25, -0.2) is 4.79 Å². The van der Waals surface area contributed by atoms with Crippen LogP contribution in [0, 0.1) is 6.92 Å². The number of aromatic carboxylic acids is 1. The van der Waals surface area contributed by atoms with Gasteiger partial charge < -0.3 is 25.0 Å². The number of aromatic nitrogens is 1. The molecule has 0 unspecified atom stereocenters. The largest absolute Gasteiger partial charge is 0.495 e. The monoisotopic (exact) mass is 379 g/mol. The molecule has 0 spiro atoms. The third-order valence-corrected chi connectivity index (χ3v) is 4.02. The van der Waals surface area contributed by atoms with Crippen LogP contribution in [0.25, 0.3) is 0 Å². The van der Waals surface area contributed by atoms with E-state index in [0.29, 0.717) is 17.3 Å². The summed E-state index contributed by atoms with van der Waals surface area (Å²) in [6.07, 6.45) is 0. The van der Waals surface area contributed by atoms with E-state index in [-0.39, 0.29) is 34.6 Å². The zero-order valence-corrected chi connectivity index (χ0v) is 14.9. The highest BCUT2D eigenvalue weighted by Crippen LogP contribution is 2.25. The van der Waals surface area contributed by atoms with Crippen LogP contribution in [0.1, 0.15) is 16.1 Å². The number of carbonyl (C=O) groups excluding carboxylic acids is 2. The number of aryl methyl sites for hydroxylation is 1. The lowest BCUT2D eigenvalue weighted by molar-refractivity contribution is -0.114. The highest BCUT2D eigenvalue weighted by atomic mass is 32.2. The Hall–Kier alpha value is -3.01. The predicted molar refractivity (Wildman–Crippen MR) is 95.8 cm³/mol. The molecule has 138 valence electrons. The molecule has 0 aliphatic heterocycles. The number of carboxylic acids is 1. The van der Waals surface area contributed by atoms with Crippen LogP contribution in [-0.2, 0) is 9.59 Å². The van der Waals surface area contributed by atoms with Crippen LogP contribution in [0.5, 0.6) is 5.75 Å². The zero-order chi connectivity index (χ0) is 19.1. The second kappa shape index (κ2) is 8.90. The summed E-state index contributed by atoms with van der Waals surface area (Å²) in [4.78, 5) is 34.7. The van der Waals surface area contributed by atoms with E-state index in [1.165, 1.54) is 25.3 Å². The van der Waals surface area contributed by atoms with Crippen molar-refractivity contribution in [1.29, 1.82) is 0 Å². The van der Waals surface area contributed by atoms with Crippen molar-refractivity contribution in [2.24, 2.45) is 0 Å². The van der Waals surface area contributed by atoms with Gasteiger partial charge in [0.2, 0.25) is 11.8 Å². The van der Waals surface area contributed by atoms with E-state index in [4.69, 9.17) is 14.4 Å². The summed E-state index contributed by atoms with van der Waals surface area (Å²) >= 11 is 1.12. The van der Waals surface area contributed by atoms with E-state index < -0.39 is 5.97 Å². The standard InChI is InChI=1S/C16H17N3O6S/c1-9-5-13(19-25-9)18-15(21)8-26-7-14(20)17-11-4-3-10(16(22)23)6-12(11)24-2/h3-6H,7-8H2,1-2H3,(H,17,20)(H,22,23)(H,18,19,21). The van der Waals surface area contributed by atoms with E-state index >= 15 is 0 Å². The molecule has 3 N–H and O–H groups in total. The van der Waals surface area contributed by atoms with Crippen molar-refractivity contribution in [3.05, 3.63) is 35.6 Å². The van der Waals surface area contributed by atoms with Gasteiger partial charge in [0.15, 0.2) is 5.82 Å². The molecular weight excluding hydrogens is 362 g/mol. The van der Waals surface area contributed by atoms with E-state index in [0.717, 1.165) is 11.8 Å². The van der Waals surface area contributed by atoms with E-state index in [2.05, 4.69) is 15.8 Å². The molecule has 2 rings (SSSR count). The number of hydrogen-bond donors (Lipinski definition) is 3. The molecule has 0 bridgehead atoms. The lowest BCUT2D eigenvalue weighted by Crippen LogP contribution is -2.19. The first-order valence-corrected chi connectivity index (χ1v) is 8.56. The summed E-state index contributed by atoms with van der Waals surface area (Å²) < 4.78 is 9.92. The number of ether oxygens (including phenoxy) is 1. The van der Waals surface area contributed by atoms with Gasteiger partial charge in [-0.15, -0.1) is 11.8 Å². The fourth-order valence-electron chi connectivity index (χ4n) is 1.95. The Morgan fingerprint density at radius 1 is 1.19 bits per heavy atom. The number of nitrogens with zero attached hydrogens (tertiary/aromatic N) is 1. The number of carboxylic acid groups (broad SMARTS) is 1. The zero-order valence-electron chi connectivity index (χ0n) is 14.1. The summed E-state index contributed by atoms with van der Waals surface area (Å²) in [7, 11) is 1.38. The Bertz CT molecular complexity index is 820. The fraction of sp³-hybridized carbons (Fsp3) is 0.250. The van der Waals surface area contributed by atoms with Crippen molar-refractivity contribution in [2.45, 2.75) is 6.92 Å². The van der Waals surface area contributed by atoms with Crippen molar-refractivity contribution >= 4 is 41.1 Å². The number of thioether (sulfide) groups is 1. The van der Waals surface area contributed by atoms with Gasteiger partial charge in [0.1, 0.15) is 11.5 Å². The third kappa shape index (κ3) is 5.52. The summed E-state index contributed by atoms with van der Waals surface area (Å²) in [5.74, 6) is -0.506. The minimum absolute atomic E-state index is 0.0368. The Labute approximate surface area is 153 Å². The van der Waals surface area contributed by atoms with Gasteiger partial charge in [0.25, 0.3) is 0 Å². The molecule has 10 heteroatoms. The first-order valence-electron chi connectivity index (χ1n) is 7.41. The molecule has 0 saturated heterocycles. The predicted octanol–water partition coefficient (Wildman–Crippen LogP) is 2.00. The van der Waals surface area contributed by atoms with E-state index in [1.54, 1.807) is 13.0 Å². The molecule has 2 aromatic rings. The molecule has 0 saturated carbocycles. The smallest absolute Gasteiger partial charge is 0.335 e. The molecule has 0 radical (unpaired) electrons. The third-order valence-electron chi connectivity index (χ3n) is 3.08. The van der Waals surface area contributed by atoms with Crippen molar-refractivity contribution in [3.63, 3.8) is 0 Å². The van der Waals surface area contributed by atoms with Crippen LogP contribution in [0.3, 0.4) is 0 Å². The number of nitrogens with one attached hydrogen (secondary N) is 2. The molecule has 1 aromatic heterocycles. The van der Waals surface area contributed by atoms with Crippen LogP contribution < -0.4 is 15.4 Å². The SMILES string of the molecule is COc1cc(C(=O)O)ccc1NC(=O)CSCC(=O)Nc1cc(C)on1. The van der Waals surface area contributed by atoms with Crippen molar-refractivity contribution in [3.8, 4) is 5.75 Å². The highest BCUT2D eigenvalue weighted by molar-refractivity contribution is 8.00. The Morgan fingerprint density at radius 2 is 1.88 bits per heavy atom. The van der Waals surface area contributed by atoms with Gasteiger partial charge in [-0.1, -0.05) is 5.16 Å². The Kier molecular flexibility index (Phi) is 6.61. The van der Waals surface area contributed by atoms with Gasteiger partial charge in [0, 0.05) is 6.07 Å². The second-order valence-corrected chi connectivity index (χ2v) is 6.12. The number of carbonyl (C=O) groups is 3. The molecule has 1 aromatic carbocycles. The number of hydrogen-bond acceptors (Lipinski definition) is 7. The van der Waals surface area contributed by atoms with Gasteiger partial charge in [-0.05, 0) is 25.1 Å². The molecule has 9 nitrogen and oxygen atoms in total. The average molecular weight is 379 g/mol. The van der Waals surface area contributed by atoms with Gasteiger partial charge >= 0.3 is 5.97 Å². The Balaban J connectivity index is 1.81. The molecular formula is C16H17N3O6S. The molecule has 0 fully saturated rings. The molecule has 2 amide bonds. The Morgan fingerprint density at radius 3 is 2.46 bits per heavy atom. The first kappa shape index (κ1) is 19.3. The fourth-order valence-corrected chi connectivity index (χ4v) is 2.57. The van der Waals surface area contributed by atoms with Crippen LogP contribution in [0.2, 0.25) is 0 Å². The lowest BCUT2D eigenvalue weighted by atomic mass is 10.2. The summed E-state index contributed by atoms with van der Waals surface area (Å²) in [5, 5.41) is 17.8. The summed E-state index contributed by atoms with van der Waals surface area (Å²) in [6.45, 7) is 1.71. The van der Waals surface area contributed by atoms with Crippen LogP contribution in [0.4, 0.5) is 11.5 Å². The van der Waals surface area contributed by atoms with Gasteiger partial charge in [-0.3, -0.25) is 9.59 Å². The highest BCUT2D eigenvalue weighted by Gasteiger charge is 2.12. The van der Waals surface area contributed by atoms with Gasteiger partial charge in [-0.2, -0.15) is 0 Å². The molecule has 1 heterocycles. The van der Waals surface area contributed by atoms with Crippen LogP contribution in [0.15, 0.2) is 28.8 Å². The maximum Gasteiger partial charge on any atom is 0.335 e. The minimum Gasteiger partial charge on any atom is -0.495 e. The van der Waals surface area contributed by atoms with Crippen LogP contribution >= 0.6 is 11.8 Å². The lowest BCUT2D eigenvalue weighted by Gasteiger charge is -2.10. The summed E-state index contributed by atoms with van der Waals surface area (Å²) in [5.41, 5.74) is 0.402. The second-order valence-electron chi connectivity index (χ2n) is 5.13. The maximum absolute atomic E-state index is 12.0. The van der Waals surface area contributed by atoms with Crippen molar-refractivity contribution in [2.75, 3.05) is 29.2 Å². The number of benzene rings is 1. The number of methoxy groups -OCH3 is 1. The molecule has 0 aliphatic rings. The quantitative estimate of drug-likeness (QED) is 0.635. The molecule has 26 heavy (non-hydrogen) atoms. The topological polar surface area (TPSA) is 131 Å². The molecule has 0 atom stereocenters. The van der Waals surface area contributed by atoms with E-state index in [9.17, 15) is 14.4 Å².